The Morgan fingerprint density at radius 2 is 1.69 bits per heavy atom. The number of carbonyl (C=O) groups excluding carboxylic acids is 2. The highest BCUT2D eigenvalue weighted by atomic mass is 35.5. The molecular formula is C25H33Cl2N3O4S. The van der Waals surface area contributed by atoms with Gasteiger partial charge in [-0.05, 0) is 56.0 Å². The second-order valence-corrected chi connectivity index (χ2v) is 11.3. The maximum Gasteiger partial charge on any atom is 0.244 e. The van der Waals surface area contributed by atoms with E-state index in [1.54, 1.807) is 49.4 Å². The number of rotatable bonds is 11. The second-order valence-electron chi connectivity index (χ2n) is 8.57. The van der Waals surface area contributed by atoms with Gasteiger partial charge in [-0.25, -0.2) is 8.42 Å². The summed E-state index contributed by atoms with van der Waals surface area (Å²) in [4.78, 5) is 28.2. The molecule has 0 spiro atoms. The van der Waals surface area contributed by atoms with Crippen LogP contribution < -0.4 is 9.62 Å². The highest BCUT2D eigenvalue weighted by molar-refractivity contribution is 7.92. The van der Waals surface area contributed by atoms with Crippen LogP contribution in [0.5, 0.6) is 0 Å². The van der Waals surface area contributed by atoms with E-state index in [2.05, 4.69) is 5.32 Å². The zero-order valence-electron chi connectivity index (χ0n) is 20.7. The van der Waals surface area contributed by atoms with E-state index < -0.39 is 28.5 Å². The van der Waals surface area contributed by atoms with E-state index in [9.17, 15) is 18.0 Å². The van der Waals surface area contributed by atoms with Gasteiger partial charge in [0.15, 0.2) is 0 Å². The molecule has 2 atom stereocenters. The molecule has 0 heterocycles. The third-order valence-corrected chi connectivity index (χ3v) is 7.65. The number of amides is 2. The van der Waals surface area contributed by atoms with Crippen molar-refractivity contribution in [1.82, 2.24) is 10.2 Å². The zero-order chi connectivity index (χ0) is 26.3. The minimum atomic E-state index is -3.78. The molecule has 0 saturated carbocycles. The Balaban J connectivity index is 2.48. The fourth-order valence-electron chi connectivity index (χ4n) is 3.63. The summed E-state index contributed by atoms with van der Waals surface area (Å²) < 4.78 is 26.4. The molecule has 192 valence electrons. The molecule has 7 nitrogen and oxygen atoms in total. The average Bonchev–Trinajstić information content (AvgIpc) is 2.79. The smallest absolute Gasteiger partial charge is 0.244 e. The van der Waals surface area contributed by atoms with E-state index in [4.69, 9.17) is 23.2 Å². The number of nitrogens with zero attached hydrogens (tertiary/aromatic N) is 2. The van der Waals surface area contributed by atoms with Crippen molar-refractivity contribution in [3.05, 3.63) is 63.6 Å². The summed E-state index contributed by atoms with van der Waals surface area (Å²) in [6, 6.07) is 11.1. The van der Waals surface area contributed by atoms with Crippen molar-refractivity contribution >= 4 is 50.7 Å². The first-order chi connectivity index (χ1) is 16.4. The number of carbonyl (C=O) groups is 2. The lowest BCUT2D eigenvalue weighted by atomic mass is 10.1. The van der Waals surface area contributed by atoms with E-state index >= 15 is 0 Å². The predicted molar refractivity (Wildman–Crippen MR) is 142 cm³/mol. The third kappa shape index (κ3) is 7.85. The van der Waals surface area contributed by atoms with E-state index in [0.29, 0.717) is 33.3 Å². The molecule has 2 amide bonds. The van der Waals surface area contributed by atoms with Crippen LogP contribution in [0.3, 0.4) is 0 Å². The normalized spacial score (nSPS) is 13.1. The number of nitrogens with one attached hydrogen (secondary N) is 1. The Bertz CT molecular complexity index is 1160. The second kappa shape index (κ2) is 12.6. The number of benzene rings is 2. The van der Waals surface area contributed by atoms with Crippen molar-refractivity contribution in [2.75, 3.05) is 17.1 Å². The summed E-state index contributed by atoms with van der Waals surface area (Å²) >= 11 is 12.2. The molecule has 2 rings (SSSR count). The molecule has 1 N–H and O–H groups in total. The lowest BCUT2D eigenvalue weighted by Gasteiger charge is -2.33. The first-order valence-electron chi connectivity index (χ1n) is 11.5. The van der Waals surface area contributed by atoms with Crippen molar-refractivity contribution in [2.24, 2.45) is 0 Å². The Hall–Kier alpha value is -2.29. The molecule has 2 aromatic carbocycles. The molecule has 0 aliphatic carbocycles. The van der Waals surface area contributed by atoms with Crippen LogP contribution >= 0.6 is 23.2 Å². The molecule has 0 radical (unpaired) electrons. The minimum Gasteiger partial charge on any atom is -0.352 e. The van der Waals surface area contributed by atoms with Gasteiger partial charge in [-0.15, -0.1) is 0 Å². The van der Waals surface area contributed by atoms with Gasteiger partial charge in [-0.2, -0.15) is 0 Å². The molecule has 0 fully saturated rings. The van der Waals surface area contributed by atoms with E-state index in [0.717, 1.165) is 17.0 Å². The van der Waals surface area contributed by atoms with Gasteiger partial charge in [0.05, 0.1) is 22.0 Å². The predicted octanol–water partition coefficient (Wildman–Crippen LogP) is 4.79. The number of anilines is 1. The number of halogens is 2. The number of para-hydroxylation sites is 1. The number of aryl methyl sites for hydroxylation is 1. The third-order valence-electron chi connectivity index (χ3n) is 5.79. The molecule has 0 aromatic heterocycles. The Kier molecular flexibility index (Phi) is 10.4. The van der Waals surface area contributed by atoms with Crippen LogP contribution in [0, 0.1) is 6.92 Å². The highest BCUT2D eigenvalue weighted by Gasteiger charge is 2.32. The molecule has 0 aliphatic heterocycles. The van der Waals surface area contributed by atoms with E-state index in [-0.39, 0.29) is 18.5 Å². The van der Waals surface area contributed by atoms with Gasteiger partial charge in [0.1, 0.15) is 12.6 Å². The van der Waals surface area contributed by atoms with Crippen molar-refractivity contribution in [3.8, 4) is 0 Å². The molecule has 2 aromatic rings. The van der Waals surface area contributed by atoms with Crippen LogP contribution in [0.2, 0.25) is 10.0 Å². The lowest BCUT2D eigenvalue weighted by Crippen LogP contribution is -2.53. The Morgan fingerprint density at radius 1 is 1.03 bits per heavy atom. The first-order valence-corrected chi connectivity index (χ1v) is 14.1. The molecule has 0 unspecified atom stereocenters. The maximum absolute atomic E-state index is 13.7. The quantitative estimate of drug-likeness (QED) is 0.443. The molecule has 0 bridgehead atoms. The largest absolute Gasteiger partial charge is 0.352 e. The monoisotopic (exact) mass is 541 g/mol. The van der Waals surface area contributed by atoms with Gasteiger partial charge in [0, 0.05) is 12.6 Å². The minimum absolute atomic E-state index is 0.0630. The van der Waals surface area contributed by atoms with Crippen molar-refractivity contribution in [1.29, 1.82) is 0 Å². The average molecular weight is 543 g/mol. The summed E-state index contributed by atoms with van der Waals surface area (Å²) in [5, 5.41) is 3.63. The zero-order valence-corrected chi connectivity index (χ0v) is 23.0. The summed E-state index contributed by atoms with van der Waals surface area (Å²) in [7, 11) is -3.78. The van der Waals surface area contributed by atoms with Crippen LogP contribution in [-0.2, 0) is 26.2 Å². The topological polar surface area (TPSA) is 86.8 Å². The van der Waals surface area contributed by atoms with Crippen LogP contribution in [-0.4, -0.2) is 50.0 Å². The fraction of sp³-hybridized carbons (Fsp3) is 0.440. The summed E-state index contributed by atoms with van der Waals surface area (Å²) in [5.41, 5.74) is 1.79. The van der Waals surface area contributed by atoms with E-state index in [1.165, 1.54) is 4.90 Å². The number of hydrogen-bond donors (Lipinski definition) is 1. The van der Waals surface area contributed by atoms with Crippen LogP contribution in [0.15, 0.2) is 42.5 Å². The summed E-state index contributed by atoms with van der Waals surface area (Å²) in [6.07, 6.45) is 2.14. The Morgan fingerprint density at radius 3 is 2.23 bits per heavy atom. The van der Waals surface area contributed by atoms with Gasteiger partial charge >= 0.3 is 0 Å². The van der Waals surface area contributed by atoms with Gasteiger partial charge in [0.2, 0.25) is 21.8 Å². The molecule has 10 heteroatoms. The number of hydrogen-bond acceptors (Lipinski definition) is 4. The van der Waals surface area contributed by atoms with Crippen molar-refractivity contribution < 1.29 is 18.0 Å². The molecule has 35 heavy (non-hydrogen) atoms. The summed E-state index contributed by atoms with van der Waals surface area (Å²) in [6.45, 7) is 7.05. The highest BCUT2D eigenvalue weighted by Crippen LogP contribution is 2.26. The molecule has 0 aliphatic rings. The lowest BCUT2D eigenvalue weighted by molar-refractivity contribution is -0.140. The van der Waals surface area contributed by atoms with Gasteiger partial charge in [0.25, 0.3) is 0 Å². The molecule has 0 saturated heterocycles. The van der Waals surface area contributed by atoms with Crippen LogP contribution in [0.25, 0.3) is 0 Å². The van der Waals surface area contributed by atoms with Crippen LogP contribution in [0.1, 0.15) is 44.7 Å². The standard InChI is InChI=1S/C25H33Cl2N3O4S/c1-6-18(4)28-25(32)22(7-2)29(15-19-12-13-20(26)21(27)14-19)24(31)16-30(35(5,33)34)23-11-9-8-10-17(23)3/h8-14,18,22H,6-7,15-16H2,1-5H3,(H,28,32)/t18-,22-/m0/s1. The molecular weight excluding hydrogens is 509 g/mol. The summed E-state index contributed by atoms with van der Waals surface area (Å²) in [5.74, 6) is -0.798. The van der Waals surface area contributed by atoms with Gasteiger partial charge in [-0.3, -0.25) is 13.9 Å². The van der Waals surface area contributed by atoms with Gasteiger partial charge in [-0.1, -0.05) is 61.3 Å². The first kappa shape index (κ1) is 28.9. The SMILES string of the molecule is CC[C@H](C)NC(=O)[C@H](CC)N(Cc1ccc(Cl)c(Cl)c1)C(=O)CN(c1ccccc1C)S(C)(=O)=O. The maximum atomic E-state index is 13.7. The number of sulfonamides is 1. The van der Waals surface area contributed by atoms with Crippen molar-refractivity contribution in [2.45, 2.75) is 59.2 Å². The van der Waals surface area contributed by atoms with E-state index in [1.807, 2.05) is 20.8 Å². The van der Waals surface area contributed by atoms with Gasteiger partial charge < -0.3 is 10.2 Å². The fourth-order valence-corrected chi connectivity index (χ4v) is 4.86. The van der Waals surface area contributed by atoms with Crippen LogP contribution in [0.4, 0.5) is 5.69 Å². The Labute approximate surface area is 218 Å². The van der Waals surface area contributed by atoms with Crippen molar-refractivity contribution in [3.63, 3.8) is 0 Å².